The number of ether oxygens (including phenoxy) is 1. The number of hydrogen-bond donors (Lipinski definition) is 2. The van der Waals surface area contributed by atoms with E-state index in [1.807, 2.05) is 24.3 Å². The van der Waals surface area contributed by atoms with Gasteiger partial charge in [-0.2, -0.15) is 0 Å². The highest BCUT2D eigenvalue weighted by Gasteiger charge is 2.23. The van der Waals surface area contributed by atoms with Gasteiger partial charge in [0.15, 0.2) is 5.76 Å². The number of carbonyl (C=O) groups excluding carboxylic acids is 1. The van der Waals surface area contributed by atoms with Crippen molar-refractivity contribution >= 4 is 15.9 Å². The number of benzene rings is 1. The van der Waals surface area contributed by atoms with Crippen LogP contribution in [0.4, 0.5) is 0 Å². The topological polar surface area (TPSA) is 111 Å². The van der Waals surface area contributed by atoms with E-state index in [9.17, 15) is 13.2 Å². The van der Waals surface area contributed by atoms with Crippen LogP contribution >= 0.6 is 0 Å². The van der Waals surface area contributed by atoms with Crippen LogP contribution in [0.2, 0.25) is 0 Å². The van der Waals surface area contributed by atoms with Crippen LogP contribution in [-0.2, 0) is 21.4 Å². The van der Waals surface area contributed by atoms with Crippen molar-refractivity contribution < 1.29 is 22.5 Å². The second-order valence-electron chi connectivity index (χ2n) is 5.43. The summed E-state index contributed by atoms with van der Waals surface area (Å²) in [5, 5.41) is 6.35. The Kier molecular flexibility index (Phi) is 6.16. The fourth-order valence-corrected chi connectivity index (χ4v) is 3.66. The Balaban J connectivity index is 1.82. The first-order valence-corrected chi connectivity index (χ1v) is 9.14. The molecule has 2 aromatic rings. The number of rotatable bonds is 8. The smallest absolute Gasteiger partial charge is 0.245 e. The predicted molar refractivity (Wildman–Crippen MR) is 90.6 cm³/mol. The lowest BCUT2D eigenvalue weighted by molar-refractivity contribution is -0.121. The minimum atomic E-state index is -3.75. The molecule has 0 atom stereocenters. The van der Waals surface area contributed by atoms with E-state index in [0.717, 1.165) is 5.56 Å². The first kappa shape index (κ1) is 18.9. The first-order chi connectivity index (χ1) is 11.8. The average Bonchev–Trinajstić information content (AvgIpc) is 2.92. The Bertz CT molecular complexity index is 826. The molecule has 0 fully saturated rings. The van der Waals surface area contributed by atoms with E-state index >= 15 is 0 Å². The molecule has 0 saturated heterocycles. The SMILES string of the molecule is COc1cccc(CNC(=O)CCNS(=O)(=O)c2c(C)noc2C)c1. The molecule has 2 rings (SSSR count). The third-order valence-electron chi connectivity index (χ3n) is 3.50. The monoisotopic (exact) mass is 367 g/mol. The molecule has 1 heterocycles. The molecular weight excluding hydrogens is 346 g/mol. The van der Waals surface area contributed by atoms with Crippen molar-refractivity contribution in [1.29, 1.82) is 0 Å². The number of nitrogens with zero attached hydrogens (tertiary/aromatic N) is 1. The maximum Gasteiger partial charge on any atom is 0.245 e. The quantitative estimate of drug-likeness (QED) is 0.727. The fraction of sp³-hybridized carbons (Fsp3) is 0.375. The first-order valence-electron chi connectivity index (χ1n) is 7.65. The summed E-state index contributed by atoms with van der Waals surface area (Å²) in [5.74, 6) is 0.663. The molecule has 1 aromatic carbocycles. The van der Waals surface area contributed by atoms with Crippen molar-refractivity contribution in [3.05, 3.63) is 41.3 Å². The summed E-state index contributed by atoms with van der Waals surface area (Å²) in [4.78, 5) is 11.9. The number of hydrogen-bond acceptors (Lipinski definition) is 6. The minimum Gasteiger partial charge on any atom is -0.497 e. The molecule has 0 bridgehead atoms. The van der Waals surface area contributed by atoms with Crippen LogP contribution in [0.15, 0.2) is 33.7 Å². The van der Waals surface area contributed by atoms with Gasteiger partial charge in [-0.05, 0) is 31.5 Å². The number of aromatic nitrogens is 1. The molecule has 0 radical (unpaired) electrons. The molecule has 1 amide bonds. The number of nitrogens with one attached hydrogen (secondary N) is 2. The Morgan fingerprint density at radius 2 is 2.08 bits per heavy atom. The lowest BCUT2D eigenvalue weighted by atomic mass is 10.2. The van der Waals surface area contributed by atoms with Gasteiger partial charge in [-0.15, -0.1) is 0 Å². The van der Waals surface area contributed by atoms with Crippen molar-refractivity contribution in [3.8, 4) is 5.75 Å². The Labute approximate surface area is 146 Å². The van der Waals surface area contributed by atoms with Crippen LogP contribution in [0.3, 0.4) is 0 Å². The summed E-state index contributed by atoms with van der Waals surface area (Å²) in [7, 11) is -2.18. The van der Waals surface area contributed by atoms with Crippen LogP contribution < -0.4 is 14.8 Å². The van der Waals surface area contributed by atoms with E-state index in [2.05, 4.69) is 15.2 Å². The largest absolute Gasteiger partial charge is 0.497 e. The summed E-state index contributed by atoms with van der Waals surface area (Å²) in [6, 6.07) is 7.33. The Hall–Kier alpha value is -2.39. The molecule has 0 unspecified atom stereocenters. The van der Waals surface area contributed by atoms with E-state index in [0.29, 0.717) is 12.3 Å². The van der Waals surface area contributed by atoms with Crippen LogP contribution in [0.5, 0.6) is 5.75 Å². The molecule has 0 aliphatic heterocycles. The van der Waals surface area contributed by atoms with E-state index in [1.54, 1.807) is 14.0 Å². The summed E-state index contributed by atoms with van der Waals surface area (Å²) in [6.07, 6.45) is 0.0204. The molecule has 9 heteroatoms. The second kappa shape index (κ2) is 8.13. The van der Waals surface area contributed by atoms with Gasteiger partial charge in [0, 0.05) is 19.5 Å². The molecular formula is C16H21N3O5S. The minimum absolute atomic E-state index is 0.0175. The molecule has 0 aliphatic carbocycles. The number of carbonyl (C=O) groups is 1. The second-order valence-corrected chi connectivity index (χ2v) is 7.13. The molecule has 2 N–H and O–H groups in total. The van der Waals surface area contributed by atoms with Crippen LogP contribution in [0.25, 0.3) is 0 Å². The van der Waals surface area contributed by atoms with E-state index in [-0.39, 0.29) is 35.2 Å². The van der Waals surface area contributed by atoms with Crippen LogP contribution in [0, 0.1) is 13.8 Å². The Morgan fingerprint density at radius 1 is 1.32 bits per heavy atom. The zero-order valence-corrected chi connectivity index (χ0v) is 15.1. The Morgan fingerprint density at radius 3 is 2.72 bits per heavy atom. The van der Waals surface area contributed by atoms with Gasteiger partial charge < -0.3 is 14.6 Å². The summed E-state index contributed by atoms with van der Waals surface area (Å²) < 4.78 is 36.8. The number of aryl methyl sites for hydroxylation is 2. The summed E-state index contributed by atoms with van der Waals surface area (Å²) in [5.41, 5.74) is 1.18. The molecule has 8 nitrogen and oxygen atoms in total. The lowest BCUT2D eigenvalue weighted by Gasteiger charge is -2.08. The zero-order valence-electron chi connectivity index (χ0n) is 14.3. The molecule has 0 spiro atoms. The van der Waals surface area contributed by atoms with Crippen LogP contribution in [0.1, 0.15) is 23.4 Å². The van der Waals surface area contributed by atoms with Gasteiger partial charge in [0.25, 0.3) is 0 Å². The molecule has 25 heavy (non-hydrogen) atoms. The van der Waals surface area contributed by atoms with Crippen molar-refractivity contribution in [1.82, 2.24) is 15.2 Å². The number of amides is 1. The normalized spacial score (nSPS) is 11.3. The highest BCUT2D eigenvalue weighted by atomic mass is 32.2. The maximum absolute atomic E-state index is 12.2. The van der Waals surface area contributed by atoms with Gasteiger partial charge >= 0.3 is 0 Å². The number of methoxy groups -OCH3 is 1. The molecule has 1 aromatic heterocycles. The van der Waals surface area contributed by atoms with Gasteiger partial charge in [0.05, 0.1) is 7.11 Å². The van der Waals surface area contributed by atoms with Gasteiger partial charge in [0.2, 0.25) is 15.9 Å². The zero-order chi connectivity index (χ0) is 18.4. The van der Waals surface area contributed by atoms with Gasteiger partial charge in [-0.25, -0.2) is 13.1 Å². The van der Waals surface area contributed by atoms with Crippen LogP contribution in [-0.4, -0.2) is 33.1 Å². The van der Waals surface area contributed by atoms with Gasteiger partial charge in [-0.1, -0.05) is 17.3 Å². The van der Waals surface area contributed by atoms with E-state index < -0.39 is 10.0 Å². The third kappa shape index (κ3) is 5.04. The van der Waals surface area contributed by atoms with Crippen molar-refractivity contribution in [2.45, 2.75) is 31.7 Å². The average molecular weight is 367 g/mol. The van der Waals surface area contributed by atoms with Crippen molar-refractivity contribution in [2.75, 3.05) is 13.7 Å². The van der Waals surface area contributed by atoms with Crippen molar-refractivity contribution in [3.63, 3.8) is 0 Å². The highest BCUT2D eigenvalue weighted by Crippen LogP contribution is 2.18. The van der Waals surface area contributed by atoms with E-state index in [1.165, 1.54) is 6.92 Å². The predicted octanol–water partition coefficient (Wildman–Crippen LogP) is 1.28. The van der Waals surface area contributed by atoms with Gasteiger partial charge in [-0.3, -0.25) is 4.79 Å². The highest BCUT2D eigenvalue weighted by molar-refractivity contribution is 7.89. The van der Waals surface area contributed by atoms with E-state index in [4.69, 9.17) is 9.26 Å². The number of sulfonamides is 1. The molecule has 0 aliphatic rings. The standard InChI is InChI=1S/C16H21N3O5S/c1-11-16(12(2)24-19-11)25(21,22)18-8-7-15(20)17-10-13-5-4-6-14(9-13)23-3/h4-6,9,18H,7-8,10H2,1-3H3,(H,17,20). The van der Waals surface area contributed by atoms with Crippen molar-refractivity contribution in [2.24, 2.45) is 0 Å². The third-order valence-corrected chi connectivity index (χ3v) is 5.21. The van der Waals surface area contributed by atoms with Gasteiger partial charge in [0.1, 0.15) is 16.3 Å². The lowest BCUT2D eigenvalue weighted by Crippen LogP contribution is -2.31. The molecule has 0 saturated carbocycles. The maximum atomic E-state index is 12.2. The summed E-state index contributed by atoms with van der Waals surface area (Å²) >= 11 is 0. The summed E-state index contributed by atoms with van der Waals surface area (Å²) in [6.45, 7) is 3.39. The molecule has 136 valence electrons. The fourth-order valence-electron chi connectivity index (χ4n) is 2.30.